The van der Waals surface area contributed by atoms with Crippen LogP contribution in [0.1, 0.15) is 29.0 Å². The van der Waals surface area contributed by atoms with E-state index in [2.05, 4.69) is 10.5 Å². The zero-order valence-electron chi connectivity index (χ0n) is 15.2. The molecule has 0 atom stereocenters. The third-order valence-corrected chi connectivity index (χ3v) is 4.12. The lowest BCUT2D eigenvalue weighted by Gasteiger charge is -2.03. The molecule has 4 rings (SSSR count). The number of amides is 1. The fraction of sp³-hybridized carbons (Fsp3) is 0.0909. The average molecular weight is 374 g/mol. The van der Waals surface area contributed by atoms with E-state index < -0.39 is 5.91 Å². The van der Waals surface area contributed by atoms with E-state index in [0.29, 0.717) is 17.2 Å². The quantitative estimate of drug-likeness (QED) is 0.390. The minimum atomic E-state index is -0.443. The fourth-order valence-corrected chi connectivity index (χ4v) is 2.65. The second kappa shape index (κ2) is 7.84. The van der Waals surface area contributed by atoms with Crippen LogP contribution in [0.25, 0.3) is 11.0 Å². The molecular formula is C22H18N2O4. The van der Waals surface area contributed by atoms with E-state index in [9.17, 15) is 4.79 Å². The standard InChI is InChI=1S/C22H18N2O4/c1-15(21-13-16-7-5-6-10-19(16)28-21)23-24-22(25)20-12-11-18(27-20)14-26-17-8-3-2-4-9-17/h2-13H,14H2,1H3,(H,24,25)/b23-15-. The third kappa shape index (κ3) is 3.96. The summed E-state index contributed by atoms with van der Waals surface area (Å²) in [6.45, 7) is 2.00. The fourth-order valence-electron chi connectivity index (χ4n) is 2.65. The number of carbonyl (C=O) groups is 1. The number of hydrogen-bond donors (Lipinski definition) is 1. The Bertz CT molecular complexity index is 1090. The van der Waals surface area contributed by atoms with Crippen molar-refractivity contribution < 1.29 is 18.4 Å². The van der Waals surface area contributed by atoms with E-state index in [-0.39, 0.29) is 12.4 Å². The highest BCUT2D eigenvalue weighted by atomic mass is 16.5. The summed E-state index contributed by atoms with van der Waals surface area (Å²) >= 11 is 0. The lowest BCUT2D eigenvalue weighted by molar-refractivity contribution is 0.0923. The van der Waals surface area contributed by atoms with Gasteiger partial charge in [-0.05, 0) is 43.3 Å². The molecule has 0 aliphatic rings. The van der Waals surface area contributed by atoms with E-state index in [0.717, 1.165) is 16.7 Å². The maximum atomic E-state index is 12.3. The van der Waals surface area contributed by atoms with Crippen molar-refractivity contribution in [3.63, 3.8) is 0 Å². The van der Waals surface area contributed by atoms with Crippen molar-refractivity contribution in [1.29, 1.82) is 0 Å². The molecule has 2 aromatic carbocycles. The maximum Gasteiger partial charge on any atom is 0.307 e. The van der Waals surface area contributed by atoms with Crippen molar-refractivity contribution >= 4 is 22.6 Å². The van der Waals surface area contributed by atoms with Gasteiger partial charge in [0, 0.05) is 5.39 Å². The number of ether oxygens (including phenoxy) is 1. The predicted molar refractivity (Wildman–Crippen MR) is 105 cm³/mol. The molecule has 0 fully saturated rings. The highest BCUT2D eigenvalue weighted by Crippen LogP contribution is 2.19. The van der Waals surface area contributed by atoms with Gasteiger partial charge in [0.15, 0.2) is 11.5 Å². The number of furan rings is 2. The summed E-state index contributed by atoms with van der Waals surface area (Å²) in [5, 5.41) is 5.08. The Morgan fingerprint density at radius 3 is 2.57 bits per heavy atom. The van der Waals surface area contributed by atoms with Crippen LogP contribution in [0.5, 0.6) is 5.75 Å². The topological polar surface area (TPSA) is 77.0 Å². The molecule has 0 spiro atoms. The third-order valence-electron chi connectivity index (χ3n) is 4.12. The summed E-state index contributed by atoms with van der Waals surface area (Å²) in [6.07, 6.45) is 0. The van der Waals surface area contributed by atoms with Crippen LogP contribution >= 0.6 is 0 Å². The number of fused-ring (bicyclic) bond motifs is 1. The molecule has 2 heterocycles. The van der Waals surface area contributed by atoms with Crippen LogP contribution in [0.3, 0.4) is 0 Å². The van der Waals surface area contributed by atoms with Crippen molar-refractivity contribution in [3.8, 4) is 5.75 Å². The number of nitrogens with one attached hydrogen (secondary N) is 1. The molecule has 2 aromatic heterocycles. The second-order valence-electron chi connectivity index (χ2n) is 6.15. The molecule has 0 unspecified atom stereocenters. The molecule has 1 N–H and O–H groups in total. The molecule has 140 valence electrons. The summed E-state index contributed by atoms with van der Waals surface area (Å²) < 4.78 is 16.9. The van der Waals surface area contributed by atoms with Crippen LogP contribution in [0.15, 0.2) is 86.7 Å². The monoisotopic (exact) mass is 374 g/mol. The average Bonchev–Trinajstić information content (AvgIpc) is 3.38. The molecule has 6 heteroatoms. The van der Waals surface area contributed by atoms with E-state index >= 15 is 0 Å². The first-order valence-electron chi connectivity index (χ1n) is 8.79. The molecule has 0 saturated carbocycles. The number of para-hydroxylation sites is 2. The minimum Gasteiger partial charge on any atom is -0.486 e. The molecule has 0 aliphatic heterocycles. The Labute approximate surface area is 161 Å². The van der Waals surface area contributed by atoms with Gasteiger partial charge < -0.3 is 13.6 Å². The van der Waals surface area contributed by atoms with Crippen LogP contribution in [-0.2, 0) is 6.61 Å². The SMILES string of the molecule is C/C(=N/NC(=O)c1ccc(COc2ccccc2)o1)c1cc2ccccc2o1. The highest BCUT2D eigenvalue weighted by Gasteiger charge is 2.12. The van der Waals surface area contributed by atoms with Gasteiger partial charge in [-0.15, -0.1) is 0 Å². The first-order valence-corrected chi connectivity index (χ1v) is 8.79. The summed E-state index contributed by atoms with van der Waals surface area (Å²) in [5.74, 6) is 1.59. The van der Waals surface area contributed by atoms with Crippen LogP contribution in [-0.4, -0.2) is 11.6 Å². The Hall–Kier alpha value is -3.80. The highest BCUT2D eigenvalue weighted by molar-refractivity contribution is 6.01. The number of hydrazone groups is 1. The molecule has 1 amide bonds. The van der Waals surface area contributed by atoms with Crippen molar-refractivity contribution in [2.24, 2.45) is 5.10 Å². The molecule has 0 radical (unpaired) electrons. The van der Waals surface area contributed by atoms with Crippen molar-refractivity contribution in [2.75, 3.05) is 0 Å². The molecule has 4 aromatic rings. The van der Waals surface area contributed by atoms with Gasteiger partial charge in [0.1, 0.15) is 29.4 Å². The number of hydrogen-bond acceptors (Lipinski definition) is 5. The van der Waals surface area contributed by atoms with Gasteiger partial charge in [0.05, 0.1) is 0 Å². The van der Waals surface area contributed by atoms with Crippen LogP contribution < -0.4 is 10.2 Å². The van der Waals surface area contributed by atoms with E-state index in [1.165, 1.54) is 0 Å². The molecule has 0 saturated heterocycles. The number of carbonyl (C=O) groups excluding carboxylic acids is 1. The molecule has 0 bridgehead atoms. The van der Waals surface area contributed by atoms with Gasteiger partial charge in [-0.3, -0.25) is 4.79 Å². The van der Waals surface area contributed by atoms with Crippen molar-refractivity contribution in [2.45, 2.75) is 13.5 Å². The van der Waals surface area contributed by atoms with Gasteiger partial charge >= 0.3 is 5.91 Å². The first-order chi connectivity index (χ1) is 13.7. The number of nitrogens with zero attached hydrogens (tertiary/aromatic N) is 1. The first kappa shape index (κ1) is 17.6. The van der Waals surface area contributed by atoms with Crippen LogP contribution in [0, 0.1) is 0 Å². The Morgan fingerprint density at radius 1 is 0.964 bits per heavy atom. The van der Waals surface area contributed by atoms with Crippen LogP contribution in [0.2, 0.25) is 0 Å². The zero-order chi connectivity index (χ0) is 19.3. The lowest BCUT2D eigenvalue weighted by atomic mass is 10.2. The van der Waals surface area contributed by atoms with Gasteiger partial charge in [0.25, 0.3) is 0 Å². The normalized spacial score (nSPS) is 11.5. The lowest BCUT2D eigenvalue weighted by Crippen LogP contribution is -2.18. The predicted octanol–water partition coefficient (Wildman–Crippen LogP) is 4.76. The van der Waals surface area contributed by atoms with Gasteiger partial charge in [-0.2, -0.15) is 5.10 Å². The van der Waals surface area contributed by atoms with E-state index in [1.807, 2.05) is 60.7 Å². The van der Waals surface area contributed by atoms with Gasteiger partial charge in [-0.25, -0.2) is 5.43 Å². The Balaban J connectivity index is 1.38. The Kier molecular flexibility index (Phi) is 4.93. The maximum absolute atomic E-state index is 12.3. The molecular weight excluding hydrogens is 356 g/mol. The molecule has 0 aliphatic carbocycles. The minimum absolute atomic E-state index is 0.160. The summed E-state index contributed by atoms with van der Waals surface area (Å²) in [6, 6.07) is 22.2. The smallest absolute Gasteiger partial charge is 0.307 e. The van der Waals surface area contributed by atoms with E-state index in [1.54, 1.807) is 19.1 Å². The number of rotatable bonds is 6. The van der Waals surface area contributed by atoms with Crippen LogP contribution in [0.4, 0.5) is 0 Å². The molecule has 28 heavy (non-hydrogen) atoms. The van der Waals surface area contributed by atoms with Crippen molar-refractivity contribution in [3.05, 3.63) is 90.1 Å². The Morgan fingerprint density at radius 2 is 1.75 bits per heavy atom. The summed E-state index contributed by atoms with van der Waals surface area (Å²) in [4.78, 5) is 12.3. The summed E-state index contributed by atoms with van der Waals surface area (Å²) in [7, 11) is 0. The second-order valence-corrected chi connectivity index (χ2v) is 6.15. The zero-order valence-corrected chi connectivity index (χ0v) is 15.2. The number of benzene rings is 2. The van der Waals surface area contributed by atoms with Gasteiger partial charge in [0.2, 0.25) is 0 Å². The van der Waals surface area contributed by atoms with Crippen molar-refractivity contribution in [1.82, 2.24) is 5.43 Å². The summed E-state index contributed by atoms with van der Waals surface area (Å²) in [5.41, 5.74) is 3.81. The van der Waals surface area contributed by atoms with E-state index in [4.69, 9.17) is 13.6 Å². The largest absolute Gasteiger partial charge is 0.486 e. The van der Waals surface area contributed by atoms with Gasteiger partial charge in [-0.1, -0.05) is 36.4 Å². The molecule has 6 nitrogen and oxygen atoms in total.